The third-order valence-electron chi connectivity index (χ3n) is 15.4. The molecule has 47 heavy (non-hydrogen) atoms. The molecule has 252 valence electrons. The van der Waals surface area contributed by atoms with E-state index in [1.165, 1.54) is 12.5 Å². The van der Waals surface area contributed by atoms with Crippen LogP contribution >= 0.6 is 0 Å². The summed E-state index contributed by atoms with van der Waals surface area (Å²) in [6.07, 6.45) is 10.6. The van der Waals surface area contributed by atoms with E-state index < -0.39 is 5.41 Å². The summed E-state index contributed by atoms with van der Waals surface area (Å²) in [5.41, 5.74) is 1.13. The van der Waals surface area contributed by atoms with Crippen molar-refractivity contribution in [3.63, 3.8) is 0 Å². The van der Waals surface area contributed by atoms with Crippen LogP contribution in [-0.2, 0) is 19.1 Å². The van der Waals surface area contributed by atoms with Gasteiger partial charge >= 0.3 is 5.97 Å². The van der Waals surface area contributed by atoms with Crippen molar-refractivity contribution in [3.8, 4) is 0 Å². The highest BCUT2D eigenvalue weighted by atomic mass is 16.5. The molecule has 1 N–H and O–H groups in total. The summed E-state index contributed by atoms with van der Waals surface area (Å²) in [5.74, 6) is 0.617. The van der Waals surface area contributed by atoms with Gasteiger partial charge in [-0.1, -0.05) is 90.4 Å². The molecule has 0 unspecified atom stereocenters. The molecule has 4 fully saturated rings. The van der Waals surface area contributed by atoms with E-state index >= 15 is 0 Å². The Balaban J connectivity index is 1.22. The van der Waals surface area contributed by atoms with E-state index in [1.54, 1.807) is 0 Å². The van der Waals surface area contributed by atoms with Crippen LogP contribution in [0.2, 0.25) is 0 Å². The van der Waals surface area contributed by atoms with Gasteiger partial charge in [-0.25, -0.2) is 0 Å². The number of hydrogen-bond acceptors (Lipinski definition) is 4. The fourth-order valence-electron chi connectivity index (χ4n) is 12.4. The lowest BCUT2D eigenvalue weighted by atomic mass is 9.33. The number of esters is 1. The number of amides is 1. The van der Waals surface area contributed by atoms with Crippen molar-refractivity contribution in [2.24, 2.45) is 50.2 Å². The minimum Gasteiger partial charge on any atom is -0.462 e. The molecule has 2 aromatic rings. The zero-order valence-corrected chi connectivity index (χ0v) is 29.9. The van der Waals surface area contributed by atoms with Crippen LogP contribution in [0.5, 0.6) is 0 Å². The first-order valence-electron chi connectivity index (χ1n) is 18.2. The molecular weight excluding hydrogens is 582 g/mol. The molecule has 0 saturated heterocycles. The van der Waals surface area contributed by atoms with E-state index in [-0.39, 0.29) is 56.9 Å². The predicted octanol–water partition coefficient (Wildman–Crippen LogP) is 9.69. The highest BCUT2D eigenvalue weighted by Crippen LogP contribution is 2.75. The van der Waals surface area contributed by atoms with E-state index in [2.05, 4.69) is 78.1 Å². The predicted molar refractivity (Wildman–Crippen MR) is 188 cm³/mol. The molecular formula is C42H55NO4. The van der Waals surface area contributed by atoms with Gasteiger partial charge in [0.25, 0.3) is 0 Å². The van der Waals surface area contributed by atoms with E-state index in [0.717, 1.165) is 74.2 Å². The van der Waals surface area contributed by atoms with Gasteiger partial charge in [-0.3, -0.25) is 14.4 Å². The van der Waals surface area contributed by atoms with Gasteiger partial charge in [0.1, 0.15) is 6.10 Å². The minimum atomic E-state index is -0.524. The second-order valence-electron chi connectivity index (χ2n) is 18.2. The molecule has 4 saturated carbocycles. The highest BCUT2D eigenvalue weighted by molar-refractivity contribution is 6.04. The Morgan fingerprint density at radius 2 is 1.53 bits per heavy atom. The molecule has 5 aliphatic rings. The first kappa shape index (κ1) is 32.6. The fourth-order valence-corrected chi connectivity index (χ4v) is 12.4. The summed E-state index contributed by atoms with van der Waals surface area (Å²) in [6.45, 7) is 17.9. The van der Waals surface area contributed by atoms with Crippen LogP contribution in [0.1, 0.15) is 113 Å². The zero-order chi connectivity index (χ0) is 33.8. The van der Waals surface area contributed by atoms with Crippen LogP contribution in [0.4, 0.5) is 5.69 Å². The first-order valence-corrected chi connectivity index (χ1v) is 18.2. The molecule has 7 rings (SSSR count). The molecule has 9 atom stereocenters. The zero-order valence-electron chi connectivity index (χ0n) is 29.9. The molecule has 0 aromatic heterocycles. The van der Waals surface area contributed by atoms with Crippen molar-refractivity contribution < 1.29 is 19.1 Å². The molecule has 5 heteroatoms. The van der Waals surface area contributed by atoms with Gasteiger partial charge in [-0.05, 0) is 109 Å². The number of hydrogen-bond donors (Lipinski definition) is 1. The Labute approximate surface area is 281 Å². The molecule has 5 aliphatic carbocycles. The van der Waals surface area contributed by atoms with Crippen LogP contribution in [0, 0.1) is 50.2 Å². The number of carbonyl (C=O) groups is 3. The maximum Gasteiger partial charge on any atom is 0.302 e. The number of fused-ring (bicyclic) bond motifs is 8. The third kappa shape index (κ3) is 4.57. The monoisotopic (exact) mass is 637 g/mol. The summed E-state index contributed by atoms with van der Waals surface area (Å²) in [7, 11) is 0. The second kappa shape index (κ2) is 10.5. The number of ketones is 1. The van der Waals surface area contributed by atoms with Crippen LogP contribution in [-0.4, -0.2) is 23.8 Å². The van der Waals surface area contributed by atoms with Crippen molar-refractivity contribution in [1.82, 2.24) is 0 Å². The molecule has 0 spiro atoms. The number of carbonyl (C=O) groups excluding carboxylic acids is 3. The van der Waals surface area contributed by atoms with Crippen molar-refractivity contribution >= 4 is 34.1 Å². The summed E-state index contributed by atoms with van der Waals surface area (Å²) >= 11 is 0. The van der Waals surface area contributed by atoms with Gasteiger partial charge in [0, 0.05) is 34.7 Å². The Kier molecular flexibility index (Phi) is 7.30. The van der Waals surface area contributed by atoms with E-state index in [0.29, 0.717) is 11.7 Å². The Bertz CT molecular complexity index is 1680. The minimum absolute atomic E-state index is 0.0611. The van der Waals surface area contributed by atoms with Crippen LogP contribution < -0.4 is 5.32 Å². The summed E-state index contributed by atoms with van der Waals surface area (Å²) < 4.78 is 5.89. The average molecular weight is 638 g/mol. The number of nitrogens with one attached hydrogen (secondary N) is 1. The van der Waals surface area contributed by atoms with Crippen LogP contribution in [0.25, 0.3) is 10.8 Å². The average Bonchev–Trinajstić information content (AvgIpc) is 3.00. The molecule has 0 bridgehead atoms. The Morgan fingerprint density at radius 1 is 0.830 bits per heavy atom. The summed E-state index contributed by atoms with van der Waals surface area (Å²) in [4.78, 5) is 41.0. The van der Waals surface area contributed by atoms with Crippen molar-refractivity contribution in [2.45, 2.75) is 119 Å². The highest BCUT2D eigenvalue weighted by Gasteiger charge is 2.70. The lowest BCUT2D eigenvalue weighted by Crippen LogP contribution is -2.66. The standard InChI is InChI=1S/C42H55NO4/c1-26(44)47-34-17-18-40(6)33(37(34,2)3)16-19-42(8)35(40)32(45)24-29-30-25-39(5,21-20-38(30,4)22-23-41(29,42)7)36(46)43-31-15-11-13-27-12-9-10-14-28(27)31/h9-15,24,30,33-35H,16-23,25H2,1-8H3,(H,43,46)/t30-,33+,34+,35+,38+,39+,40+,41-,42+/m0/s1. The van der Waals surface area contributed by atoms with Crippen molar-refractivity contribution in [3.05, 3.63) is 54.1 Å². The molecule has 1 amide bonds. The number of benzene rings is 2. The van der Waals surface area contributed by atoms with Gasteiger partial charge in [0.05, 0.1) is 0 Å². The molecule has 0 radical (unpaired) electrons. The lowest BCUT2D eigenvalue weighted by molar-refractivity contribution is -0.210. The van der Waals surface area contributed by atoms with E-state index in [1.807, 2.05) is 24.3 Å². The number of anilines is 1. The third-order valence-corrected chi connectivity index (χ3v) is 15.4. The van der Waals surface area contributed by atoms with E-state index in [4.69, 9.17) is 4.74 Å². The summed E-state index contributed by atoms with van der Waals surface area (Å²) in [5, 5.41) is 5.53. The van der Waals surface area contributed by atoms with Gasteiger partial charge in [-0.15, -0.1) is 0 Å². The van der Waals surface area contributed by atoms with Gasteiger partial charge in [-0.2, -0.15) is 0 Å². The molecule has 2 aromatic carbocycles. The maximum atomic E-state index is 14.8. The SMILES string of the molecule is CC(=O)O[C@@H]1CC[C@]2(C)[C@H](CC[C@]3(C)[C@@H]2C(=O)C=C2[C@@H]4C[C@](C)(C(=O)Nc5cccc6ccccc56)CC[C@]4(C)CC[C@@]23C)C1(C)C. The van der Waals surface area contributed by atoms with Gasteiger partial charge < -0.3 is 10.1 Å². The molecule has 5 nitrogen and oxygen atoms in total. The number of allylic oxidation sites excluding steroid dienone is 2. The Hall–Kier alpha value is -2.95. The second-order valence-corrected chi connectivity index (χ2v) is 18.2. The lowest BCUT2D eigenvalue weighted by Gasteiger charge is -2.70. The first-order chi connectivity index (χ1) is 22.0. The van der Waals surface area contributed by atoms with Crippen molar-refractivity contribution in [1.29, 1.82) is 0 Å². The van der Waals surface area contributed by atoms with Crippen molar-refractivity contribution in [2.75, 3.05) is 5.32 Å². The fraction of sp³-hybridized carbons (Fsp3) is 0.643. The van der Waals surface area contributed by atoms with Crippen LogP contribution in [0.15, 0.2) is 54.1 Å². The van der Waals surface area contributed by atoms with Gasteiger partial charge in [0.2, 0.25) is 5.91 Å². The van der Waals surface area contributed by atoms with E-state index in [9.17, 15) is 14.4 Å². The smallest absolute Gasteiger partial charge is 0.302 e. The van der Waals surface area contributed by atoms with Crippen LogP contribution in [0.3, 0.4) is 0 Å². The Morgan fingerprint density at radius 3 is 2.28 bits per heavy atom. The van der Waals surface area contributed by atoms with Gasteiger partial charge in [0.15, 0.2) is 5.78 Å². The summed E-state index contributed by atoms with van der Waals surface area (Å²) in [6, 6.07) is 14.3. The number of rotatable bonds is 3. The topological polar surface area (TPSA) is 72.5 Å². The molecule has 0 heterocycles. The largest absolute Gasteiger partial charge is 0.462 e. The maximum absolute atomic E-state index is 14.8. The normalized spacial score (nSPS) is 42.2. The number of ether oxygens (including phenoxy) is 1. The molecule has 0 aliphatic heterocycles. The quantitative estimate of drug-likeness (QED) is 0.340.